The lowest BCUT2D eigenvalue weighted by atomic mass is 9.84. The summed E-state index contributed by atoms with van der Waals surface area (Å²) >= 11 is 0. The Morgan fingerprint density at radius 1 is 1.35 bits per heavy atom. The fraction of sp³-hybridized carbons (Fsp3) is 0.706. The summed E-state index contributed by atoms with van der Waals surface area (Å²) in [6.07, 6.45) is 7.48. The normalized spacial score (nSPS) is 22.8. The van der Waals surface area contributed by atoms with E-state index in [-0.39, 0.29) is 0 Å². The molecule has 1 aliphatic rings. The second-order valence-electron chi connectivity index (χ2n) is 6.17. The SMILES string of the molecule is CCNCc1cnc(C)cc1N(C)C1CCCCC1C. The molecule has 0 amide bonds. The molecule has 2 unspecified atom stereocenters. The highest BCUT2D eigenvalue weighted by atomic mass is 15.1. The van der Waals surface area contributed by atoms with Gasteiger partial charge in [-0.2, -0.15) is 0 Å². The minimum Gasteiger partial charge on any atom is -0.371 e. The van der Waals surface area contributed by atoms with Crippen LogP contribution in [0.4, 0.5) is 5.69 Å². The molecule has 0 aliphatic heterocycles. The molecule has 0 spiro atoms. The summed E-state index contributed by atoms with van der Waals surface area (Å²) in [6.45, 7) is 8.53. The predicted molar refractivity (Wildman–Crippen MR) is 86.2 cm³/mol. The molecule has 3 nitrogen and oxygen atoms in total. The lowest BCUT2D eigenvalue weighted by Gasteiger charge is -2.38. The number of nitrogens with zero attached hydrogens (tertiary/aromatic N) is 2. The van der Waals surface area contributed by atoms with Gasteiger partial charge in [-0.1, -0.05) is 26.7 Å². The Hall–Kier alpha value is -1.09. The molecular formula is C17H29N3. The van der Waals surface area contributed by atoms with E-state index >= 15 is 0 Å². The topological polar surface area (TPSA) is 28.2 Å². The van der Waals surface area contributed by atoms with Gasteiger partial charge in [0.2, 0.25) is 0 Å². The van der Waals surface area contributed by atoms with Crippen molar-refractivity contribution < 1.29 is 0 Å². The molecule has 1 aromatic heterocycles. The summed E-state index contributed by atoms with van der Waals surface area (Å²) in [5.74, 6) is 0.786. The van der Waals surface area contributed by atoms with E-state index in [9.17, 15) is 0 Å². The average molecular weight is 275 g/mol. The van der Waals surface area contributed by atoms with E-state index < -0.39 is 0 Å². The second kappa shape index (κ2) is 7.07. The summed E-state index contributed by atoms with van der Waals surface area (Å²) in [5.41, 5.74) is 3.78. The average Bonchev–Trinajstić information content (AvgIpc) is 2.46. The fourth-order valence-electron chi connectivity index (χ4n) is 3.35. The molecule has 0 bridgehead atoms. The van der Waals surface area contributed by atoms with Gasteiger partial charge in [0.1, 0.15) is 0 Å². The number of pyridine rings is 1. The quantitative estimate of drug-likeness (QED) is 0.891. The summed E-state index contributed by atoms with van der Waals surface area (Å²) in [6, 6.07) is 2.92. The minimum atomic E-state index is 0.672. The highest BCUT2D eigenvalue weighted by Crippen LogP contribution is 2.32. The first-order valence-electron chi connectivity index (χ1n) is 8.02. The smallest absolute Gasteiger partial charge is 0.0445 e. The molecule has 2 atom stereocenters. The molecule has 1 saturated carbocycles. The van der Waals surface area contributed by atoms with Crippen LogP contribution in [0.2, 0.25) is 0 Å². The van der Waals surface area contributed by atoms with Crippen molar-refractivity contribution in [3.05, 3.63) is 23.5 Å². The van der Waals surface area contributed by atoms with Crippen LogP contribution in [0.5, 0.6) is 0 Å². The van der Waals surface area contributed by atoms with Crippen LogP contribution in [0.3, 0.4) is 0 Å². The van der Waals surface area contributed by atoms with Gasteiger partial charge in [0.25, 0.3) is 0 Å². The molecule has 1 N–H and O–H groups in total. The molecule has 1 aliphatic carbocycles. The summed E-state index contributed by atoms with van der Waals surface area (Å²) in [4.78, 5) is 6.98. The van der Waals surface area contributed by atoms with Gasteiger partial charge in [0.15, 0.2) is 0 Å². The predicted octanol–water partition coefficient (Wildman–Crippen LogP) is 3.51. The van der Waals surface area contributed by atoms with Gasteiger partial charge in [0.05, 0.1) is 0 Å². The van der Waals surface area contributed by atoms with Gasteiger partial charge in [0, 0.05) is 42.8 Å². The zero-order chi connectivity index (χ0) is 14.5. The van der Waals surface area contributed by atoms with Crippen LogP contribution >= 0.6 is 0 Å². The van der Waals surface area contributed by atoms with Crippen LogP contribution in [0, 0.1) is 12.8 Å². The summed E-state index contributed by atoms with van der Waals surface area (Å²) in [5, 5.41) is 3.43. The summed E-state index contributed by atoms with van der Waals surface area (Å²) < 4.78 is 0. The molecule has 112 valence electrons. The third-order valence-electron chi connectivity index (χ3n) is 4.61. The first-order chi connectivity index (χ1) is 9.63. The standard InChI is InChI=1S/C17H29N3/c1-5-18-11-15-12-19-14(3)10-17(15)20(4)16-9-7-6-8-13(16)2/h10,12-13,16,18H,5-9,11H2,1-4H3. The van der Waals surface area contributed by atoms with Crippen molar-refractivity contribution >= 4 is 5.69 Å². The van der Waals surface area contributed by atoms with Crippen molar-refractivity contribution in [2.24, 2.45) is 5.92 Å². The van der Waals surface area contributed by atoms with E-state index in [1.807, 2.05) is 6.20 Å². The maximum atomic E-state index is 4.47. The van der Waals surface area contributed by atoms with Gasteiger partial charge in [-0.15, -0.1) is 0 Å². The van der Waals surface area contributed by atoms with Crippen LogP contribution in [0.25, 0.3) is 0 Å². The molecule has 1 aromatic rings. The summed E-state index contributed by atoms with van der Waals surface area (Å²) in [7, 11) is 2.26. The van der Waals surface area contributed by atoms with Gasteiger partial charge in [-0.05, 0) is 38.3 Å². The van der Waals surface area contributed by atoms with E-state index in [4.69, 9.17) is 0 Å². The van der Waals surface area contributed by atoms with Crippen LogP contribution in [0.1, 0.15) is 50.8 Å². The molecule has 2 rings (SSSR count). The van der Waals surface area contributed by atoms with Gasteiger partial charge >= 0.3 is 0 Å². The van der Waals surface area contributed by atoms with Crippen molar-refractivity contribution in [3.8, 4) is 0 Å². The zero-order valence-corrected chi connectivity index (χ0v) is 13.4. The van der Waals surface area contributed by atoms with Crippen LogP contribution in [0.15, 0.2) is 12.3 Å². The number of rotatable bonds is 5. The Morgan fingerprint density at radius 3 is 2.80 bits per heavy atom. The number of nitrogens with one attached hydrogen (secondary N) is 1. The maximum absolute atomic E-state index is 4.47. The Labute approximate surface area is 123 Å². The largest absolute Gasteiger partial charge is 0.371 e. The molecule has 20 heavy (non-hydrogen) atoms. The molecule has 3 heteroatoms. The van der Waals surface area contributed by atoms with Crippen molar-refractivity contribution in [2.75, 3.05) is 18.5 Å². The third kappa shape index (κ3) is 3.51. The molecule has 0 saturated heterocycles. The van der Waals surface area contributed by atoms with E-state index in [0.717, 1.165) is 24.7 Å². The highest BCUT2D eigenvalue weighted by molar-refractivity contribution is 5.54. The number of anilines is 1. The number of hydrogen-bond donors (Lipinski definition) is 1. The molecule has 0 aromatic carbocycles. The molecule has 1 fully saturated rings. The number of hydrogen-bond acceptors (Lipinski definition) is 3. The Morgan fingerprint density at radius 2 is 2.10 bits per heavy atom. The Kier molecular flexibility index (Phi) is 5.41. The van der Waals surface area contributed by atoms with Crippen molar-refractivity contribution in [1.29, 1.82) is 0 Å². The first kappa shape index (κ1) is 15.3. The zero-order valence-electron chi connectivity index (χ0n) is 13.4. The maximum Gasteiger partial charge on any atom is 0.0445 e. The fourth-order valence-corrected chi connectivity index (χ4v) is 3.35. The molecule has 1 heterocycles. The highest BCUT2D eigenvalue weighted by Gasteiger charge is 2.26. The first-order valence-corrected chi connectivity index (χ1v) is 8.02. The van der Waals surface area contributed by atoms with E-state index in [1.165, 1.54) is 36.9 Å². The molecular weight excluding hydrogens is 246 g/mol. The van der Waals surface area contributed by atoms with Crippen molar-refractivity contribution in [3.63, 3.8) is 0 Å². The second-order valence-corrected chi connectivity index (χ2v) is 6.17. The van der Waals surface area contributed by atoms with Gasteiger partial charge in [-0.25, -0.2) is 0 Å². The lowest BCUT2D eigenvalue weighted by molar-refractivity contribution is 0.321. The van der Waals surface area contributed by atoms with Gasteiger partial charge < -0.3 is 10.2 Å². The minimum absolute atomic E-state index is 0.672. The van der Waals surface area contributed by atoms with E-state index in [0.29, 0.717) is 6.04 Å². The Balaban J connectivity index is 2.22. The Bertz CT molecular complexity index is 430. The van der Waals surface area contributed by atoms with E-state index in [1.54, 1.807) is 0 Å². The van der Waals surface area contributed by atoms with Gasteiger partial charge in [-0.3, -0.25) is 4.98 Å². The lowest BCUT2D eigenvalue weighted by Crippen LogP contribution is -2.39. The van der Waals surface area contributed by atoms with Crippen molar-refractivity contribution in [1.82, 2.24) is 10.3 Å². The van der Waals surface area contributed by atoms with Crippen molar-refractivity contribution in [2.45, 2.75) is 59.0 Å². The van der Waals surface area contributed by atoms with Crippen LogP contribution in [-0.4, -0.2) is 24.6 Å². The number of aryl methyl sites for hydroxylation is 1. The number of aromatic nitrogens is 1. The monoisotopic (exact) mass is 275 g/mol. The molecule has 0 radical (unpaired) electrons. The third-order valence-corrected chi connectivity index (χ3v) is 4.61. The van der Waals surface area contributed by atoms with Crippen LogP contribution in [-0.2, 0) is 6.54 Å². The van der Waals surface area contributed by atoms with Crippen LogP contribution < -0.4 is 10.2 Å². The van der Waals surface area contributed by atoms with E-state index in [2.05, 4.69) is 49.1 Å².